The fourth-order valence-corrected chi connectivity index (χ4v) is 2.46. The van der Waals surface area contributed by atoms with E-state index in [1.54, 1.807) is 17.4 Å². The van der Waals surface area contributed by atoms with Crippen LogP contribution >= 0.6 is 11.8 Å². The third-order valence-corrected chi connectivity index (χ3v) is 3.81. The van der Waals surface area contributed by atoms with Gasteiger partial charge in [0.1, 0.15) is 0 Å². The van der Waals surface area contributed by atoms with Crippen molar-refractivity contribution in [2.45, 2.75) is 11.1 Å². The van der Waals surface area contributed by atoms with Crippen LogP contribution in [-0.2, 0) is 4.79 Å². The van der Waals surface area contributed by atoms with Crippen LogP contribution in [0.15, 0.2) is 53.4 Å². The number of thioether (sulfide) groups is 1. The van der Waals surface area contributed by atoms with Gasteiger partial charge in [-0.15, -0.1) is 11.8 Å². The van der Waals surface area contributed by atoms with Crippen molar-refractivity contribution in [2.75, 3.05) is 16.9 Å². The SMILES string of the molecule is CSc1ccccc1C(=O)Nc1ccc(NC(=O)C(F)(F)F)cc1. The molecule has 0 fully saturated rings. The molecule has 24 heavy (non-hydrogen) atoms. The lowest BCUT2D eigenvalue weighted by Crippen LogP contribution is -2.29. The first kappa shape index (κ1) is 17.9. The van der Waals surface area contributed by atoms with E-state index in [-0.39, 0.29) is 11.6 Å². The lowest BCUT2D eigenvalue weighted by Gasteiger charge is -2.10. The Morgan fingerprint density at radius 3 is 2.00 bits per heavy atom. The molecule has 2 amide bonds. The highest BCUT2D eigenvalue weighted by Crippen LogP contribution is 2.22. The molecule has 8 heteroatoms. The van der Waals surface area contributed by atoms with Crippen molar-refractivity contribution in [3.63, 3.8) is 0 Å². The molecule has 0 aliphatic heterocycles. The van der Waals surface area contributed by atoms with Gasteiger partial charge in [-0.2, -0.15) is 13.2 Å². The van der Waals surface area contributed by atoms with E-state index in [9.17, 15) is 22.8 Å². The maximum atomic E-state index is 12.2. The molecule has 0 aliphatic carbocycles. The van der Waals surface area contributed by atoms with Gasteiger partial charge in [0.2, 0.25) is 0 Å². The number of rotatable bonds is 4. The third-order valence-electron chi connectivity index (χ3n) is 3.01. The van der Waals surface area contributed by atoms with Crippen molar-refractivity contribution in [3.05, 3.63) is 54.1 Å². The van der Waals surface area contributed by atoms with Crippen LogP contribution in [0.2, 0.25) is 0 Å². The van der Waals surface area contributed by atoms with Crippen molar-refractivity contribution in [3.8, 4) is 0 Å². The second kappa shape index (κ2) is 7.39. The normalized spacial score (nSPS) is 11.0. The zero-order chi connectivity index (χ0) is 17.7. The van der Waals surface area contributed by atoms with Crippen molar-refractivity contribution >= 4 is 35.0 Å². The number of alkyl halides is 3. The van der Waals surface area contributed by atoms with Crippen LogP contribution < -0.4 is 10.6 Å². The monoisotopic (exact) mass is 354 g/mol. The van der Waals surface area contributed by atoms with Gasteiger partial charge in [-0.25, -0.2) is 0 Å². The van der Waals surface area contributed by atoms with Crippen LogP contribution in [0.5, 0.6) is 0 Å². The summed E-state index contributed by atoms with van der Waals surface area (Å²) in [6.07, 6.45) is -3.10. The maximum Gasteiger partial charge on any atom is 0.471 e. The number of carbonyl (C=O) groups excluding carboxylic acids is 2. The number of hydrogen-bond acceptors (Lipinski definition) is 3. The fraction of sp³-hybridized carbons (Fsp3) is 0.125. The Labute approximate surface area is 140 Å². The summed E-state index contributed by atoms with van der Waals surface area (Å²) in [6, 6.07) is 12.4. The van der Waals surface area contributed by atoms with E-state index in [4.69, 9.17) is 0 Å². The predicted octanol–water partition coefficient (Wildman–Crippen LogP) is 4.16. The van der Waals surface area contributed by atoms with Gasteiger partial charge < -0.3 is 10.6 Å². The molecule has 0 aliphatic rings. The molecule has 2 N–H and O–H groups in total. The first-order valence-electron chi connectivity index (χ1n) is 6.74. The molecule has 0 heterocycles. The average molecular weight is 354 g/mol. The number of anilines is 2. The Morgan fingerprint density at radius 2 is 1.46 bits per heavy atom. The zero-order valence-corrected chi connectivity index (χ0v) is 13.3. The average Bonchev–Trinajstić information content (AvgIpc) is 2.55. The molecule has 2 aromatic rings. The molecule has 0 saturated carbocycles. The molecule has 0 aromatic heterocycles. The predicted molar refractivity (Wildman–Crippen MR) is 87.3 cm³/mol. The topological polar surface area (TPSA) is 58.2 Å². The summed E-state index contributed by atoms with van der Waals surface area (Å²) in [5.41, 5.74) is 0.889. The van der Waals surface area contributed by atoms with Gasteiger partial charge in [0.25, 0.3) is 5.91 Å². The van der Waals surface area contributed by atoms with Crippen molar-refractivity contribution in [1.82, 2.24) is 0 Å². The van der Waals surface area contributed by atoms with Crippen LogP contribution in [0, 0.1) is 0 Å². The Hall–Kier alpha value is -2.48. The van der Waals surface area contributed by atoms with Crippen LogP contribution in [0.1, 0.15) is 10.4 Å². The first-order valence-corrected chi connectivity index (χ1v) is 7.96. The molecule has 0 unspecified atom stereocenters. The number of halogens is 3. The Kier molecular flexibility index (Phi) is 5.50. The van der Waals surface area contributed by atoms with Crippen LogP contribution in [0.3, 0.4) is 0 Å². The highest BCUT2D eigenvalue weighted by atomic mass is 32.2. The molecular weight excluding hydrogens is 341 g/mol. The number of carbonyl (C=O) groups is 2. The van der Waals surface area contributed by atoms with Crippen molar-refractivity contribution < 1.29 is 22.8 Å². The minimum Gasteiger partial charge on any atom is -0.322 e. The van der Waals surface area contributed by atoms with Gasteiger partial charge >= 0.3 is 12.1 Å². The van der Waals surface area contributed by atoms with Gasteiger partial charge in [-0.3, -0.25) is 9.59 Å². The zero-order valence-electron chi connectivity index (χ0n) is 12.5. The second-order valence-electron chi connectivity index (χ2n) is 4.68. The van der Waals surface area contributed by atoms with E-state index >= 15 is 0 Å². The molecule has 126 valence electrons. The molecular formula is C16H13F3N2O2S. The minimum atomic E-state index is -4.95. The van der Waals surface area contributed by atoms with E-state index in [0.717, 1.165) is 4.90 Å². The smallest absolute Gasteiger partial charge is 0.322 e. The Balaban J connectivity index is 2.06. The lowest BCUT2D eigenvalue weighted by atomic mass is 10.2. The second-order valence-corrected chi connectivity index (χ2v) is 5.53. The van der Waals surface area contributed by atoms with E-state index in [1.165, 1.54) is 36.0 Å². The lowest BCUT2D eigenvalue weighted by molar-refractivity contribution is -0.167. The molecule has 2 aromatic carbocycles. The molecule has 2 rings (SSSR count). The Morgan fingerprint density at radius 1 is 0.917 bits per heavy atom. The number of hydrogen-bond donors (Lipinski definition) is 2. The van der Waals surface area contributed by atoms with Crippen molar-refractivity contribution in [2.24, 2.45) is 0 Å². The van der Waals surface area contributed by atoms with E-state index < -0.39 is 12.1 Å². The van der Waals surface area contributed by atoms with Crippen LogP contribution in [-0.4, -0.2) is 24.2 Å². The van der Waals surface area contributed by atoms with Gasteiger partial charge in [0.05, 0.1) is 5.56 Å². The minimum absolute atomic E-state index is 0.0140. The highest BCUT2D eigenvalue weighted by Gasteiger charge is 2.38. The highest BCUT2D eigenvalue weighted by molar-refractivity contribution is 7.98. The van der Waals surface area contributed by atoms with Gasteiger partial charge in [-0.05, 0) is 42.7 Å². The summed E-state index contributed by atoms with van der Waals surface area (Å²) in [4.78, 5) is 23.9. The van der Waals surface area contributed by atoms with Gasteiger partial charge in [0.15, 0.2) is 0 Å². The summed E-state index contributed by atoms with van der Waals surface area (Å²) >= 11 is 1.43. The standard InChI is InChI=1S/C16H13F3N2O2S/c1-24-13-5-3-2-4-12(13)14(22)20-10-6-8-11(9-7-10)21-15(23)16(17,18)19/h2-9H,1H3,(H,20,22)(H,21,23). The fourth-order valence-electron chi connectivity index (χ4n) is 1.87. The quantitative estimate of drug-likeness (QED) is 0.811. The molecule has 0 saturated heterocycles. The van der Waals surface area contributed by atoms with Crippen molar-refractivity contribution in [1.29, 1.82) is 0 Å². The number of benzene rings is 2. The maximum absolute atomic E-state index is 12.2. The summed E-state index contributed by atoms with van der Waals surface area (Å²) < 4.78 is 36.5. The summed E-state index contributed by atoms with van der Waals surface area (Å²) in [5, 5.41) is 4.39. The number of nitrogens with one attached hydrogen (secondary N) is 2. The molecule has 0 atom stereocenters. The van der Waals surface area contributed by atoms with E-state index in [2.05, 4.69) is 5.32 Å². The third kappa shape index (κ3) is 4.51. The molecule has 4 nitrogen and oxygen atoms in total. The molecule has 0 bridgehead atoms. The van der Waals surface area contributed by atoms with E-state index in [1.807, 2.05) is 18.4 Å². The van der Waals surface area contributed by atoms with E-state index in [0.29, 0.717) is 11.3 Å². The largest absolute Gasteiger partial charge is 0.471 e. The number of amides is 2. The van der Waals surface area contributed by atoms with Crippen LogP contribution in [0.25, 0.3) is 0 Å². The molecule has 0 spiro atoms. The summed E-state index contributed by atoms with van der Waals surface area (Å²) in [6.45, 7) is 0. The first-order chi connectivity index (χ1) is 11.3. The summed E-state index contributed by atoms with van der Waals surface area (Å²) in [7, 11) is 0. The Bertz CT molecular complexity index is 746. The van der Waals surface area contributed by atoms with Gasteiger partial charge in [0, 0.05) is 16.3 Å². The van der Waals surface area contributed by atoms with Gasteiger partial charge in [-0.1, -0.05) is 12.1 Å². The van der Waals surface area contributed by atoms with Crippen LogP contribution in [0.4, 0.5) is 24.5 Å². The summed E-state index contributed by atoms with van der Waals surface area (Å²) in [5.74, 6) is -2.37. The molecule has 0 radical (unpaired) electrons.